The van der Waals surface area contributed by atoms with Gasteiger partial charge in [0.05, 0.1) is 24.4 Å². The van der Waals surface area contributed by atoms with Gasteiger partial charge < -0.3 is 9.16 Å². The van der Waals surface area contributed by atoms with Crippen molar-refractivity contribution < 1.29 is 14.0 Å². The van der Waals surface area contributed by atoms with Gasteiger partial charge in [0, 0.05) is 6.20 Å². The van der Waals surface area contributed by atoms with E-state index in [1.807, 2.05) is 19.6 Å². The normalized spacial score (nSPS) is 14.1. The second-order valence-electron chi connectivity index (χ2n) is 6.05. The molecule has 0 aliphatic heterocycles. The van der Waals surface area contributed by atoms with Crippen LogP contribution in [-0.2, 0) is 15.6 Å². The first kappa shape index (κ1) is 17.3. The fourth-order valence-electron chi connectivity index (χ4n) is 2.10. The van der Waals surface area contributed by atoms with Crippen molar-refractivity contribution in [3.63, 3.8) is 0 Å². The molecule has 21 heavy (non-hydrogen) atoms. The van der Waals surface area contributed by atoms with Gasteiger partial charge in [-0.15, -0.1) is 0 Å². The Labute approximate surface area is 127 Å². The highest BCUT2D eigenvalue weighted by atomic mass is 28.4. The number of esters is 1. The Bertz CT molecular complexity index is 549. The quantitative estimate of drug-likeness (QED) is 0.597. The van der Waals surface area contributed by atoms with Crippen molar-refractivity contribution in [3.8, 4) is 6.07 Å². The largest absolute Gasteiger partial charge is 0.465 e. The fraction of sp³-hybridized carbons (Fsp3) is 0.533. The summed E-state index contributed by atoms with van der Waals surface area (Å²) < 4.78 is 10.7. The van der Waals surface area contributed by atoms with Crippen LogP contribution in [0.1, 0.15) is 29.4 Å². The lowest BCUT2D eigenvalue weighted by Gasteiger charge is -2.30. The lowest BCUT2D eigenvalue weighted by molar-refractivity contribution is 0.0597. The van der Waals surface area contributed by atoms with Gasteiger partial charge in [-0.3, -0.25) is 4.98 Å². The Balaban J connectivity index is 2.88. The highest BCUT2D eigenvalue weighted by Crippen LogP contribution is 2.23. The average Bonchev–Trinajstić information content (AvgIpc) is 2.43. The Morgan fingerprint density at radius 3 is 2.67 bits per heavy atom. The van der Waals surface area contributed by atoms with Gasteiger partial charge in [0.2, 0.25) is 0 Å². The fourth-order valence-corrected chi connectivity index (χ4v) is 3.59. The summed E-state index contributed by atoms with van der Waals surface area (Å²) >= 11 is 0. The zero-order valence-corrected chi connectivity index (χ0v) is 14.3. The highest BCUT2D eigenvalue weighted by molar-refractivity contribution is 6.69. The molecule has 1 aromatic rings. The van der Waals surface area contributed by atoms with Crippen molar-refractivity contribution in [2.75, 3.05) is 7.11 Å². The van der Waals surface area contributed by atoms with E-state index in [1.54, 1.807) is 25.3 Å². The van der Waals surface area contributed by atoms with Crippen LogP contribution < -0.4 is 0 Å². The maximum Gasteiger partial charge on any atom is 0.339 e. The summed E-state index contributed by atoms with van der Waals surface area (Å²) in [6.45, 7) is 7.92. The maximum absolute atomic E-state index is 11.7. The smallest absolute Gasteiger partial charge is 0.339 e. The van der Waals surface area contributed by atoms with Gasteiger partial charge in [-0.05, 0) is 51.5 Å². The lowest BCUT2D eigenvalue weighted by atomic mass is 9.99. The van der Waals surface area contributed by atoms with Gasteiger partial charge in [0.15, 0.2) is 8.32 Å². The van der Waals surface area contributed by atoms with Crippen LogP contribution in [0.4, 0.5) is 0 Å². The van der Waals surface area contributed by atoms with Gasteiger partial charge in [0.1, 0.15) is 5.60 Å². The monoisotopic (exact) mass is 306 g/mol. The minimum Gasteiger partial charge on any atom is -0.465 e. The van der Waals surface area contributed by atoms with Gasteiger partial charge >= 0.3 is 5.97 Å². The number of pyridine rings is 1. The Morgan fingerprint density at radius 1 is 1.48 bits per heavy atom. The number of carbonyl (C=O) groups excluding carboxylic acids is 1. The molecule has 0 radical (unpaired) electrons. The van der Waals surface area contributed by atoms with Gasteiger partial charge in [-0.1, -0.05) is 0 Å². The number of nitrogens with zero attached hydrogens (tertiary/aromatic N) is 2. The summed E-state index contributed by atoms with van der Waals surface area (Å²) in [5.41, 5.74) is 0.202. The molecule has 0 N–H and O–H groups in total. The number of ether oxygens (including phenoxy) is 1. The third kappa shape index (κ3) is 5.29. The number of aromatic nitrogens is 1. The van der Waals surface area contributed by atoms with Crippen molar-refractivity contribution in [3.05, 3.63) is 29.6 Å². The van der Waals surface area contributed by atoms with E-state index in [9.17, 15) is 10.1 Å². The van der Waals surface area contributed by atoms with Crippen molar-refractivity contribution in [2.45, 2.75) is 45.0 Å². The molecule has 1 heterocycles. The predicted octanol–water partition coefficient (Wildman–Crippen LogP) is 2.93. The molecule has 1 unspecified atom stereocenters. The molecule has 1 rings (SSSR count). The van der Waals surface area contributed by atoms with E-state index in [0.717, 1.165) is 0 Å². The molecule has 0 aliphatic carbocycles. The van der Waals surface area contributed by atoms with Crippen LogP contribution >= 0.6 is 0 Å². The molecule has 0 aliphatic rings. The lowest BCUT2D eigenvalue weighted by Crippen LogP contribution is -2.40. The van der Waals surface area contributed by atoms with Crippen LogP contribution in [0.25, 0.3) is 0 Å². The van der Waals surface area contributed by atoms with Crippen LogP contribution in [0.2, 0.25) is 19.6 Å². The molecule has 6 heteroatoms. The highest BCUT2D eigenvalue weighted by Gasteiger charge is 2.32. The van der Waals surface area contributed by atoms with E-state index in [4.69, 9.17) is 9.16 Å². The first-order chi connectivity index (χ1) is 9.71. The van der Waals surface area contributed by atoms with Gasteiger partial charge in [0.25, 0.3) is 0 Å². The molecule has 0 saturated carbocycles. The number of nitriles is 1. The van der Waals surface area contributed by atoms with Crippen molar-refractivity contribution >= 4 is 14.3 Å². The van der Waals surface area contributed by atoms with E-state index >= 15 is 0 Å². The van der Waals surface area contributed by atoms with Crippen LogP contribution in [0.3, 0.4) is 0 Å². The molecule has 0 bridgehead atoms. The van der Waals surface area contributed by atoms with Crippen molar-refractivity contribution in [1.82, 2.24) is 4.98 Å². The number of rotatable bonds is 6. The number of hydrogen-bond donors (Lipinski definition) is 0. The standard InChI is InChI=1S/C15H22N2O3Si/c1-15(11-16,20-21(3,4)5)9-8-13-12(14(18)19-2)7-6-10-17-13/h6-7,10H,8-9H2,1-5H3. The van der Waals surface area contributed by atoms with E-state index < -0.39 is 19.9 Å². The average molecular weight is 306 g/mol. The molecule has 1 aromatic heterocycles. The topological polar surface area (TPSA) is 72.2 Å². The van der Waals surface area contributed by atoms with E-state index in [0.29, 0.717) is 24.1 Å². The molecule has 0 amide bonds. The molecule has 0 saturated heterocycles. The summed E-state index contributed by atoms with van der Waals surface area (Å²) in [4.78, 5) is 15.9. The second-order valence-corrected chi connectivity index (χ2v) is 10.5. The van der Waals surface area contributed by atoms with Crippen LogP contribution in [0.5, 0.6) is 0 Å². The molecule has 1 atom stereocenters. The van der Waals surface area contributed by atoms with E-state index in [-0.39, 0.29) is 0 Å². The molecule has 114 valence electrons. The Morgan fingerprint density at radius 2 is 2.14 bits per heavy atom. The predicted molar refractivity (Wildman–Crippen MR) is 82.3 cm³/mol. The summed E-state index contributed by atoms with van der Waals surface area (Å²) in [6.07, 6.45) is 2.60. The molecule has 0 spiro atoms. The third-order valence-electron chi connectivity index (χ3n) is 2.90. The molecule has 5 nitrogen and oxygen atoms in total. The summed E-state index contributed by atoms with van der Waals surface area (Å²) in [5.74, 6) is -0.414. The Hall–Kier alpha value is -1.71. The molecule has 0 fully saturated rings. The van der Waals surface area contributed by atoms with E-state index in [2.05, 4.69) is 11.1 Å². The van der Waals surface area contributed by atoms with Crippen LogP contribution in [0, 0.1) is 11.3 Å². The van der Waals surface area contributed by atoms with E-state index in [1.165, 1.54) is 7.11 Å². The van der Waals surface area contributed by atoms with Crippen LogP contribution in [0.15, 0.2) is 18.3 Å². The number of methoxy groups -OCH3 is 1. The minimum atomic E-state index is -1.83. The maximum atomic E-state index is 11.7. The number of carbonyl (C=O) groups is 1. The van der Waals surface area contributed by atoms with Gasteiger partial charge in [-0.25, -0.2) is 4.79 Å². The molecular weight excluding hydrogens is 284 g/mol. The Kier molecular flexibility index (Phi) is 5.64. The first-order valence-electron chi connectivity index (χ1n) is 6.84. The van der Waals surface area contributed by atoms with Crippen LogP contribution in [-0.4, -0.2) is 32.0 Å². The third-order valence-corrected chi connectivity index (χ3v) is 3.97. The first-order valence-corrected chi connectivity index (χ1v) is 10.3. The molecular formula is C15H22N2O3Si. The summed E-state index contributed by atoms with van der Waals surface area (Å²) in [5, 5.41) is 9.39. The minimum absolute atomic E-state index is 0.414. The van der Waals surface area contributed by atoms with Crippen molar-refractivity contribution in [1.29, 1.82) is 5.26 Å². The van der Waals surface area contributed by atoms with Gasteiger partial charge in [-0.2, -0.15) is 5.26 Å². The summed E-state index contributed by atoms with van der Waals surface area (Å²) in [6, 6.07) is 5.61. The zero-order valence-electron chi connectivity index (χ0n) is 13.3. The number of aryl methyl sites for hydroxylation is 1. The molecule has 0 aromatic carbocycles. The van der Waals surface area contributed by atoms with Crippen molar-refractivity contribution in [2.24, 2.45) is 0 Å². The number of hydrogen-bond acceptors (Lipinski definition) is 5. The SMILES string of the molecule is COC(=O)c1cccnc1CCC(C)(C#N)O[Si](C)(C)C. The summed E-state index contributed by atoms with van der Waals surface area (Å²) in [7, 11) is -0.489. The second kappa shape index (κ2) is 6.83. The zero-order chi connectivity index (χ0) is 16.1.